The van der Waals surface area contributed by atoms with E-state index >= 15 is 0 Å². The molecule has 4 N–H and O–H groups in total. The van der Waals surface area contributed by atoms with Gasteiger partial charge in [-0.1, -0.05) is 84.9 Å². The van der Waals surface area contributed by atoms with Gasteiger partial charge in [0.05, 0.1) is 16.7 Å². The fourth-order valence-electron chi connectivity index (χ4n) is 5.76. The smallest absolute Gasteiger partial charge is 0.263 e. The molecule has 0 radical (unpaired) electrons. The number of sulfonamides is 1. The third kappa shape index (κ3) is 10.7. The Bertz CT molecular complexity index is 2150. The van der Waals surface area contributed by atoms with Crippen LogP contribution in [0.2, 0.25) is 0 Å². The zero-order valence-corrected chi connectivity index (χ0v) is 29.8. The van der Waals surface area contributed by atoms with Crippen molar-refractivity contribution in [3.05, 3.63) is 174 Å². The molecular weight excluding hydrogens is 687 g/mol. The summed E-state index contributed by atoms with van der Waals surface area (Å²) in [4.78, 5) is 17.8. The lowest BCUT2D eigenvalue weighted by Crippen LogP contribution is -2.30. The molecule has 1 heterocycles. The molecule has 0 spiro atoms. The van der Waals surface area contributed by atoms with Crippen molar-refractivity contribution in [3.63, 3.8) is 0 Å². The first-order valence-corrected chi connectivity index (χ1v) is 18.7. The number of rotatable bonds is 18. The van der Waals surface area contributed by atoms with Crippen molar-refractivity contribution in [1.82, 2.24) is 9.88 Å². The number of pyridine rings is 1. The molecule has 1 atom stereocenters. The maximum absolute atomic E-state index is 12.8. The van der Waals surface area contributed by atoms with E-state index in [9.17, 15) is 18.3 Å². The van der Waals surface area contributed by atoms with Crippen LogP contribution in [0.15, 0.2) is 157 Å². The van der Waals surface area contributed by atoms with E-state index in [2.05, 4.69) is 49.5 Å². The first kappa shape index (κ1) is 36.8. The number of benzene rings is 5. The van der Waals surface area contributed by atoms with Gasteiger partial charge < -0.3 is 20.5 Å². The standard InChI is InChI=1S/C42H41N5O5S/c48-31-44-39-27-35(16-23-41(39)52-30-34-11-5-2-6-12-34)40(49)29-47(28-33-9-3-1-4-10-33)26-24-32-14-17-36(18-15-32)45-37-19-21-38(22-20-37)53(50,51)46-42-13-7-8-25-43-42/h1-23,25,27,31,40,45,49H,24,26,28-30H2,(H,43,46)(H,44,48)/t40-/m0/s1. The number of carbonyl (C=O) groups excluding carboxylic acids is 1. The van der Waals surface area contributed by atoms with E-state index in [0.717, 1.165) is 34.5 Å². The number of anilines is 4. The summed E-state index contributed by atoms with van der Waals surface area (Å²) < 4.78 is 34.0. The normalized spacial score (nSPS) is 11.8. The minimum absolute atomic E-state index is 0.136. The Kier molecular flexibility index (Phi) is 12.5. The number of aromatic nitrogens is 1. The lowest BCUT2D eigenvalue weighted by atomic mass is 10.1. The van der Waals surface area contributed by atoms with Crippen molar-refractivity contribution >= 4 is 39.3 Å². The highest BCUT2D eigenvalue weighted by Gasteiger charge is 2.18. The van der Waals surface area contributed by atoms with Crippen LogP contribution in [-0.4, -0.2) is 42.9 Å². The van der Waals surface area contributed by atoms with Gasteiger partial charge in [-0.2, -0.15) is 0 Å². The summed E-state index contributed by atoms with van der Waals surface area (Å²) in [6, 6.07) is 44.9. The van der Waals surface area contributed by atoms with Crippen molar-refractivity contribution < 1.29 is 23.1 Å². The van der Waals surface area contributed by atoms with Crippen molar-refractivity contribution in [2.45, 2.75) is 30.6 Å². The molecular formula is C42H41N5O5S. The molecule has 11 heteroatoms. The fraction of sp³-hybridized carbons (Fsp3) is 0.143. The third-order valence-corrected chi connectivity index (χ3v) is 9.92. The van der Waals surface area contributed by atoms with E-state index in [0.29, 0.717) is 49.7 Å². The van der Waals surface area contributed by atoms with E-state index in [-0.39, 0.29) is 10.7 Å². The molecule has 0 fully saturated rings. The average Bonchev–Trinajstić information content (AvgIpc) is 3.18. The van der Waals surface area contributed by atoms with Gasteiger partial charge in [0, 0.05) is 37.2 Å². The fourth-order valence-corrected chi connectivity index (χ4v) is 6.77. The summed E-state index contributed by atoms with van der Waals surface area (Å²) in [5.74, 6) is 0.779. The summed E-state index contributed by atoms with van der Waals surface area (Å²) in [6.07, 6.45) is 2.07. The van der Waals surface area contributed by atoms with Crippen LogP contribution >= 0.6 is 0 Å². The number of ether oxygens (including phenoxy) is 1. The van der Waals surface area contributed by atoms with Crippen LogP contribution < -0.4 is 20.1 Å². The van der Waals surface area contributed by atoms with Gasteiger partial charge in [0.15, 0.2) is 0 Å². The molecule has 270 valence electrons. The van der Waals surface area contributed by atoms with E-state index in [4.69, 9.17) is 4.74 Å². The lowest BCUT2D eigenvalue weighted by Gasteiger charge is -2.26. The van der Waals surface area contributed by atoms with Crippen molar-refractivity contribution in [3.8, 4) is 5.75 Å². The summed E-state index contributed by atoms with van der Waals surface area (Å²) in [7, 11) is -3.76. The van der Waals surface area contributed by atoms with Gasteiger partial charge in [-0.05, 0) is 89.3 Å². The number of hydrogen-bond acceptors (Lipinski definition) is 8. The van der Waals surface area contributed by atoms with Gasteiger partial charge in [-0.25, -0.2) is 13.4 Å². The number of aliphatic hydroxyl groups is 1. The summed E-state index contributed by atoms with van der Waals surface area (Å²) in [5, 5.41) is 17.5. The SMILES string of the molecule is O=CNc1cc([C@@H](O)CN(CCc2ccc(Nc3ccc(S(=O)(=O)Nc4ccccn4)cc3)cc2)Cc2ccccc2)ccc1OCc1ccccc1. The highest BCUT2D eigenvalue weighted by atomic mass is 32.2. The summed E-state index contributed by atoms with van der Waals surface area (Å²) in [6.45, 7) is 2.07. The molecule has 0 saturated heterocycles. The van der Waals surface area contributed by atoms with Crippen LogP contribution in [0.1, 0.15) is 28.4 Å². The molecule has 0 aliphatic carbocycles. The second-order valence-electron chi connectivity index (χ2n) is 12.4. The maximum atomic E-state index is 12.8. The topological polar surface area (TPSA) is 133 Å². The quantitative estimate of drug-likeness (QED) is 0.0668. The highest BCUT2D eigenvalue weighted by molar-refractivity contribution is 7.92. The first-order chi connectivity index (χ1) is 25.8. The van der Waals surface area contributed by atoms with Crippen molar-refractivity contribution in [1.29, 1.82) is 0 Å². The molecule has 6 rings (SSSR count). The van der Waals surface area contributed by atoms with Crippen molar-refractivity contribution in [2.24, 2.45) is 0 Å². The average molecular weight is 728 g/mol. The Hall–Kier alpha value is -6.01. The number of amides is 1. The number of nitrogens with one attached hydrogen (secondary N) is 3. The largest absolute Gasteiger partial charge is 0.487 e. The van der Waals surface area contributed by atoms with Gasteiger partial charge in [0.25, 0.3) is 10.0 Å². The third-order valence-electron chi connectivity index (χ3n) is 8.55. The summed E-state index contributed by atoms with van der Waals surface area (Å²) in [5.41, 5.74) is 6.05. The molecule has 0 bridgehead atoms. The van der Waals surface area contributed by atoms with Crippen LogP contribution in [0.4, 0.5) is 22.9 Å². The molecule has 0 unspecified atom stereocenters. The molecule has 0 aliphatic heterocycles. The van der Waals surface area contributed by atoms with Crippen LogP contribution in [0.25, 0.3) is 0 Å². The predicted octanol–water partition coefficient (Wildman–Crippen LogP) is 7.55. The number of hydrogen-bond donors (Lipinski definition) is 4. The van der Waals surface area contributed by atoms with Gasteiger partial charge in [-0.3, -0.25) is 14.4 Å². The maximum Gasteiger partial charge on any atom is 0.263 e. The molecule has 0 saturated carbocycles. The van der Waals surface area contributed by atoms with Crippen molar-refractivity contribution in [2.75, 3.05) is 28.4 Å². The number of carbonyl (C=O) groups is 1. The van der Waals surface area contributed by atoms with E-state index in [1.807, 2.05) is 66.7 Å². The Labute approximate surface area is 310 Å². The minimum Gasteiger partial charge on any atom is -0.487 e. The monoisotopic (exact) mass is 727 g/mol. The van der Waals surface area contributed by atoms with Gasteiger partial charge in [-0.15, -0.1) is 0 Å². The minimum atomic E-state index is -3.76. The van der Waals surface area contributed by atoms with Crippen LogP contribution in [-0.2, 0) is 34.4 Å². The van der Waals surface area contributed by atoms with Crippen LogP contribution in [0, 0.1) is 0 Å². The molecule has 6 aromatic rings. The second kappa shape index (κ2) is 18.0. The van der Waals surface area contributed by atoms with Gasteiger partial charge in [0.1, 0.15) is 18.2 Å². The van der Waals surface area contributed by atoms with Crippen LogP contribution in [0.5, 0.6) is 5.75 Å². The first-order valence-electron chi connectivity index (χ1n) is 17.2. The highest BCUT2D eigenvalue weighted by Crippen LogP contribution is 2.30. The Morgan fingerprint density at radius 3 is 2.08 bits per heavy atom. The second-order valence-corrected chi connectivity index (χ2v) is 14.1. The van der Waals surface area contributed by atoms with Crippen LogP contribution in [0.3, 0.4) is 0 Å². The molecule has 10 nitrogen and oxygen atoms in total. The summed E-state index contributed by atoms with van der Waals surface area (Å²) >= 11 is 0. The zero-order chi connectivity index (χ0) is 36.9. The number of aliphatic hydroxyl groups excluding tert-OH is 1. The Morgan fingerprint density at radius 1 is 0.755 bits per heavy atom. The Balaban J connectivity index is 1.07. The Morgan fingerprint density at radius 2 is 1.42 bits per heavy atom. The molecule has 5 aromatic carbocycles. The van der Waals surface area contributed by atoms with E-state index in [1.165, 1.54) is 6.20 Å². The predicted molar refractivity (Wildman–Crippen MR) is 208 cm³/mol. The van der Waals surface area contributed by atoms with Gasteiger partial charge >= 0.3 is 0 Å². The molecule has 53 heavy (non-hydrogen) atoms. The van der Waals surface area contributed by atoms with E-state index < -0.39 is 16.1 Å². The van der Waals surface area contributed by atoms with Gasteiger partial charge in [0.2, 0.25) is 6.41 Å². The molecule has 1 aromatic heterocycles. The molecule has 1 amide bonds. The molecule has 0 aliphatic rings. The number of nitrogens with zero attached hydrogens (tertiary/aromatic N) is 2. The zero-order valence-electron chi connectivity index (χ0n) is 29.0. The lowest BCUT2D eigenvalue weighted by molar-refractivity contribution is -0.105. The van der Waals surface area contributed by atoms with E-state index in [1.54, 1.807) is 54.6 Å².